The SMILES string of the molecule is COC(=O)c1ccc(-c2nccn2CC2(O)CCNC2)cc1. The molecular weight excluding hydrogens is 282 g/mol. The highest BCUT2D eigenvalue weighted by Crippen LogP contribution is 2.23. The van der Waals surface area contributed by atoms with Gasteiger partial charge in [0.05, 0.1) is 24.8 Å². The van der Waals surface area contributed by atoms with E-state index in [1.54, 1.807) is 18.3 Å². The molecule has 6 nitrogen and oxygen atoms in total. The Morgan fingerprint density at radius 1 is 1.45 bits per heavy atom. The van der Waals surface area contributed by atoms with Crippen LogP contribution in [0.15, 0.2) is 36.7 Å². The normalized spacial score (nSPS) is 21.0. The zero-order chi connectivity index (χ0) is 15.6. The van der Waals surface area contributed by atoms with Gasteiger partial charge in [0.25, 0.3) is 0 Å². The number of imidazole rings is 1. The number of β-amino-alcohol motifs (C(OH)–C–C–N with tert-alkyl or cyclic N) is 1. The third-order valence-electron chi connectivity index (χ3n) is 3.97. The van der Waals surface area contributed by atoms with Crippen molar-refractivity contribution in [3.8, 4) is 11.4 Å². The monoisotopic (exact) mass is 301 g/mol. The highest BCUT2D eigenvalue weighted by atomic mass is 16.5. The van der Waals surface area contributed by atoms with Gasteiger partial charge in [-0.15, -0.1) is 0 Å². The zero-order valence-electron chi connectivity index (χ0n) is 12.5. The van der Waals surface area contributed by atoms with Crippen LogP contribution in [-0.4, -0.2) is 46.4 Å². The van der Waals surface area contributed by atoms with Gasteiger partial charge in [0.2, 0.25) is 0 Å². The molecule has 1 aliphatic heterocycles. The molecule has 0 amide bonds. The zero-order valence-corrected chi connectivity index (χ0v) is 12.5. The quantitative estimate of drug-likeness (QED) is 0.826. The van der Waals surface area contributed by atoms with Gasteiger partial charge in [0, 0.05) is 24.5 Å². The number of ether oxygens (including phenoxy) is 1. The van der Waals surface area contributed by atoms with Gasteiger partial charge in [0.1, 0.15) is 5.82 Å². The van der Waals surface area contributed by atoms with Crippen LogP contribution in [0.3, 0.4) is 0 Å². The van der Waals surface area contributed by atoms with Crippen molar-refractivity contribution in [3.05, 3.63) is 42.2 Å². The van der Waals surface area contributed by atoms with E-state index >= 15 is 0 Å². The standard InChI is InChI=1S/C16H19N3O3/c1-22-15(20)13-4-2-12(3-5-13)14-18-8-9-19(14)11-16(21)6-7-17-10-16/h2-5,8-9,17,21H,6-7,10-11H2,1H3. The molecule has 2 aromatic rings. The Hall–Kier alpha value is -2.18. The van der Waals surface area contributed by atoms with Crippen molar-refractivity contribution in [2.75, 3.05) is 20.2 Å². The third-order valence-corrected chi connectivity index (χ3v) is 3.97. The van der Waals surface area contributed by atoms with Gasteiger partial charge in [-0.1, -0.05) is 12.1 Å². The summed E-state index contributed by atoms with van der Waals surface area (Å²) in [6.45, 7) is 1.91. The van der Waals surface area contributed by atoms with Crippen molar-refractivity contribution in [3.63, 3.8) is 0 Å². The van der Waals surface area contributed by atoms with Crippen LogP contribution in [0.4, 0.5) is 0 Å². The number of nitrogens with zero attached hydrogens (tertiary/aromatic N) is 2. The van der Waals surface area contributed by atoms with Gasteiger partial charge >= 0.3 is 5.97 Å². The molecule has 2 N–H and O–H groups in total. The molecule has 1 unspecified atom stereocenters. The van der Waals surface area contributed by atoms with E-state index in [0.29, 0.717) is 18.7 Å². The van der Waals surface area contributed by atoms with Crippen LogP contribution in [0.5, 0.6) is 0 Å². The lowest BCUT2D eigenvalue weighted by Crippen LogP contribution is -2.36. The molecule has 0 radical (unpaired) electrons. The van der Waals surface area contributed by atoms with Crippen LogP contribution < -0.4 is 5.32 Å². The first-order valence-electron chi connectivity index (χ1n) is 7.24. The molecule has 0 aliphatic carbocycles. The van der Waals surface area contributed by atoms with E-state index in [9.17, 15) is 9.90 Å². The Morgan fingerprint density at radius 2 is 2.23 bits per heavy atom. The first kappa shape index (κ1) is 14.7. The number of carbonyl (C=O) groups excluding carboxylic acids is 1. The number of hydrogen-bond donors (Lipinski definition) is 2. The van der Waals surface area contributed by atoms with Crippen molar-refractivity contribution in [2.45, 2.75) is 18.6 Å². The van der Waals surface area contributed by atoms with E-state index in [1.165, 1.54) is 7.11 Å². The Balaban J connectivity index is 1.83. The number of nitrogens with one attached hydrogen (secondary N) is 1. The number of benzene rings is 1. The molecule has 0 saturated carbocycles. The lowest BCUT2D eigenvalue weighted by Gasteiger charge is -2.22. The van der Waals surface area contributed by atoms with Crippen LogP contribution >= 0.6 is 0 Å². The molecule has 6 heteroatoms. The average Bonchev–Trinajstić information content (AvgIpc) is 3.16. The third kappa shape index (κ3) is 2.88. The molecule has 1 fully saturated rings. The number of methoxy groups -OCH3 is 1. The smallest absolute Gasteiger partial charge is 0.337 e. The van der Waals surface area contributed by atoms with Crippen molar-refractivity contribution in [1.29, 1.82) is 0 Å². The number of carbonyl (C=O) groups is 1. The summed E-state index contributed by atoms with van der Waals surface area (Å²) >= 11 is 0. The van der Waals surface area contributed by atoms with Crippen LogP contribution in [0.1, 0.15) is 16.8 Å². The predicted octanol–water partition coefficient (Wildman–Crippen LogP) is 1.06. The molecule has 116 valence electrons. The van der Waals surface area contributed by atoms with Gasteiger partial charge in [-0.05, 0) is 25.1 Å². The topological polar surface area (TPSA) is 76.4 Å². The number of hydrogen-bond acceptors (Lipinski definition) is 5. The largest absolute Gasteiger partial charge is 0.465 e. The number of aromatic nitrogens is 2. The first-order valence-corrected chi connectivity index (χ1v) is 7.24. The summed E-state index contributed by atoms with van der Waals surface area (Å²) in [5.74, 6) is 0.415. The second-order valence-electron chi connectivity index (χ2n) is 5.60. The van der Waals surface area contributed by atoms with Gasteiger partial charge in [-0.25, -0.2) is 9.78 Å². The Bertz CT molecular complexity index is 658. The molecule has 1 aromatic heterocycles. The van der Waals surface area contributed by atoms with E-state index in [1.807, 2.05) is 22.9 Å². The fraction of sp³-hybridized carbons (Fsp3) is 0.375. The lowest BCUT2D eigenvalue weighted by molar-refractivity contribution is 0.0436. The van der Waals surface area contributed by atoms with E-state index in [0.717, 1.165) is 24.4 Å². The number of aliphatic hydroxyl groups is 1. The molecule has 2 heterocycles. The van der Waals surface area contributed by atoms with Crippen LogP contribution in [0.25, 0.3) is 11.4 Å². The van der Waals surface area contributed by atoms with Crippen molar-refractivity contribution in [2.24, 2.45) is 0 Å². The summed E-state index contributed by atoms with van der Waals surface area (Å²) in [5.41, 5.74) is 0.664. The minimum Gasteiger partial charge on any atom is -0.465 e. The van der Waals surface area contributed by atoms with Crippen molar-refractivity contribution in [1.82, 2.24) is 14.9 Å². The molecule has 0 spiro atoms. The van der Waals surface area contributed by atoms with Crippen LogP contribution in [0, 0.1) is 0 Å². The van der Waals surface area contributed by atoms with Gasteiger partial charge < -0.3 is 19.7 Å². The molecule has 1 atom stereocenters. The minimum atomic E-state index is -0.735. The highest BCUT2D eigenvalue weighted by molar-refractivity contribution is 5.89. The summed E-state index contributed by atoms with van der Waals surface area (Å²) in [6.07, 6.45) is 4.31. The maximum Gasteiger partial charge on any atom is 0.337 e. The molecule has 1 aromatic carbocycles. The van der Waals surface area contributed by atoms with E-state index < -0.39 is 5.60 Å². The fourth-order valence-electron chi connectivity index (χ4n) is 2.75. The Kier molecular flexibility index (Phi) is 3.96. The summed E-state index contributed by atoms with van der Waals surface area (Å²) in [4.78, 5) is 15.8. The average molecular weight is 301 g/mol. The summed E-state index contributed by atoms with van der Waals surface area (Å²) in [6, 6.07) is 7.10. The summed E-state index contributed by atoms with van der Waals surface area (Å²) in [7, 11) is 1.36. The van der Waals surface area contributed by atoms with Crippen molar-refractivity contribution >= 4 is 5.97 Å². The summed E-state index contributed by atoms with van der Waals surface area (Å²) < 4.78 is 6.64. The molecule has 1 saturated heterocycles. The number of esters is 1. The van der Waals surface area contributed by atoms with Crippen molar-refractivity contribution < 1.29 is 14.6 Å². The first-order chi connectivity index (χ1) is 10.6. The highest BCUT2D eigenvalue weighted by Gasteiger charge is 2.32. The van der Waals surface area contributed by atoms with E-state index in [2.05, 4.69) is 10.3 Å². The van der Waals surface area contributed by atoms with Gasteiger partial charge in [0.15, 0.2) is 0 Å². The molecule has 1 aliphatic rings. The second kappa shape index (κ2) is 5.90. The van der Waals surface area contributed by atoms with Crippen LogP contribution in [0.2, 0.25) is 0 Å². The maximum absolute atomic E-state index is 11.5. The van der Waals surface area contributed by atoms with E-state index in [-0.39, 0.29) is 5.97 Å². The van der Waals surface area contributed by atoms with Crippen LogP contribution in [-0.2, 0) is 11.3 Å². The molecule has 3 rings (SSSR count). The Labute approximate surface area is 128 Å². The summed E-state index contributed by atoms with van der Waals surface area (Å²) in [5, 5.41) is 13.7. The predicted molar refractivity (Wildman–Crippen MR) is 81.4 cm³/mol. The van der Waals surface area contributed by atoms with E-state index in [4.69, 9.17) is 4.74 Å². The van der Waals surface area contributed by atoms with Gasteiger partial charge in [-0.3, -0.25) is 0 Å². The minimum absolute atomic E-state index is 0.360. The molecular formula is C16H19N3O3. The lowest BCUT2D eigenvalue weighted by atomic mass is 10.0. The fourth-order valence-corrected chi connectivity index (χ4v) is 2.75. The second-order valence-corrected chi connectivity index (χ2v) is 5.60. The molecule has 22 heavy (non-hydrogen) atoms. The Morgan fingerprint density at radius 3 is 2.86 bits per heavy atom. The molecule has 0 bridgehead atoms. The number of rotatable bonds is 4. The van der Waals surface area contributed by atoms with Gasteiger partial charge in [-0.2, -0.15) is 0 Å². The maximum atomic E-state index is 11.5.